The van der Waals surface area contributed by atoms with E-state index in [1.54, 1.807) is 35.6 Å². The number of hydrogen-bond acceptors (Lipinski definition) is 5. The third kappa shape index (κ3) is 5.47. The van der Waals surface area contributed by atoms with Crippen molar-refractivity contribution in [3.05, 3.63) is 107 Å². The number of hydrogen-bond donors (Lipinski definition) is 2. The molecule has 2 heterocycles. The van der Waals surface area contributed by atoms with Gasteiger partial charge < -0.3 is 10.4 Å². The first kappa shape index (κ1) is 23.1. The normalized spacial score (nSPS) is 11.0. The molecule has 4 aromatic rings. The van der Waals surface area contributed by atoms with Crippen molar-refractivity contribution in [2.75, 3.05) is 5.32 Å². The Morgan fingerprint density at radius 2 is 1.79 bits per heavy atom. The highest BCUT2D eigenvalue weighted by atomic mass is 32.1. The maximum absolute atomic E-state index is 11.2. The number of anilines is 2. The largest absolute Gasteiger partial charge is 0.478 e. The van der Waals surface area contributed by atoms with Crippen molar-refractivity contribution < 1.29 is 9.90 Å². The highest BCUT2D eigenvalue weighted by Gasteiger charge is 2.15. The van der Waals surface area contributed by atoms with Crippen LogP contribution in [0.25, 0.3) is 22.9 Å². The zero-order valence-electron chi connectivity index (χ0n) is 18.9. The van der Waals surface area contributed by atoms with E-state index in [2.05, 4.69) is 54.6 Å². The van der Waals surface area contributed by atoms with Gasteiger partial charge in [-0.25, -0.2) is 14.8 Å². The summed E-state index contributed by atoms with van der Waals surface area (Å²) in [7, 11) is 0. The number of thiophene rings is 1. The Hall–Kier alpha value is -4.03. The van der Waals surface area contributed by atoms with Crippen LogP contribution in [0.1, 0.15) is 39.7 Å². The second-order valence-corrected chi connectivity index (χ2v) is 8.57. The van der Waals surface area contributed by atoms with Crippen molar-refractivity contribution in [1.82, 2.24) is 9.97 Å². The number of aryl methyl sites for hydroxylation is 1. The molecular formula is C28H25N3O2S. The van der Waals surface area contributed by atoms with Crippen molar-refractivity contribution in [3.63, 3.8) is 0 Å². The lowest BCUT2D eigenvalue weighted by atomic mass is 10.1. The average molecular weight is 468 g/mol. The number of aromatic carboxylic acids is 1. The van der Waals surface area contributed by atoms with Crippen molar-refractivity contribution in [1.29, 1.82) is 0 Å². The summed E-state index contributed by atoms with van der Waals surface area (Å²) in [4.78, 5) is 21.9. The van der Waals surface area contributed by atoms with Crippen molar-refractivity contribution in [2.45, 2.75) is 19.8 Å². The molecule has 0 saturated heterocycles. The standard InChI is InChI=1S/C28H25N3O2S/c1-3-8-23-24(4-2)30-27(31-26(23)29-22-15-13-21(14-16-22)28(32)33)25-17-20(18-34-25)12-11-19-9-6-5-7-10-19/h3,5-7,9-18H,1,4,8H2,2H3,(H,32,33)(H,29,30,31)/b12-11+. The van der Waals surface area contributed by atoms with E-state index in [1.807, 2.05) is 24.3 Å². The highest BCUT2D eigenvalue weighted by molar-refractivity contribution is 7.13. The number of rotatable bonds is 9. The lowest BCUT2D eigenvalue weighted by molar-refractivity contribution is 0.0697. The van der Waals surface area contributed by atoms with E-state index < -0.39 is 5.97 Å². The molecule has 5 nitrogen and oxygen atoms in total. The quantitative estimate of drug-likeness (QED) is 0.257. The Kier molecular flexibility index (Phi) is 7.30. The van der Waals surface area contributed by atoms with Crippen LogP contribution in [0.3, 0.4) is 0 Å². The van der Waals surface area contributed by atoms with Gasteiger partial charge in [0.1, 0.15) is 5.82 Å². The number of benzene rings is 2. The molecule has 0 radical (unpaired) electrons. The summed E-state index contributed by atoms with van der Waals surface area (Å²) >= 11 is 1.61. The molecule has 2 aromatic carbocycles. The number of nitrogens with one attached hydrogen (secondary N) is 1. The molecule has 0 aliphatic rings. The van der Waals surface area contributed by atoms with Crippen molar-refractivity contribution in [3.8, 4) is 10.7 Å². The van der Waals surface area contributed by atoms with E-state index in [4.69, 9.17) is 15.1 Å². The van der Waals surface area contributed by atoms with E-state index in [-0.39, 0.29) is 5.56 Å². The number of allylic oxidation sites excluding steroid dienone is 1. The first-order chi connectivity index (χ1) is 16.6. The lowest BCUT2D eigenvalue weighted by Crippen LogP contribution is -2.07. The Morgan fingerprint density at radius 3 is 2.47 bits per heavy atom. The SMILES string of the molecule is C=CCc1c(CC)nc(-c2cc(/C=C/c3ccccc3)cs2)nc1Nc1ccc(C(=O)O)cc1. The molecule has 0 unspecified atom stereocenters. The Morgan fingerprint density at radius 1 is 1.06 bits per heavy atom. The van der Waals surface area contributed by atoms with Crippen LogP contribution in [0.15, 0.2) is 78.7 Å². The number of carboxylic acids is 1. The summed E-state index contributed by atoms with van der Waals surface area (Å²) < 4.78 is 0. The fraction of sp³-hybridized carbons (Fsp3) is 0.107. The molecule has 0 bridgehead atoms. The second-order valence-electron chi connectivity index (χ2n) is 7.66. The molecule has 0 aliphatic carbocycles. The van der Waals surface area contributed by atoms with Gasteiger partial charge in [0, 0.05) is 16.9 Å². The van der Waals surface area contributed by atoms with Gasteiger partial charge >= 0.3 is 5.97 Å². The topological polar surface area (TPSA) is 75.1 Å². The Bertz CT molecular complexity index is 1330. The van der Waals surface area contributed by atoms with Crippen molar-refractivity contribution >= 4 is 41.0 Å². The zero-order valence-corrected chi connectivity index (χ0v) is 19.7. The Balaban J connectivity index is 1.67. The molecule has 0 atom stereocenters. The second kappa shape index (κ2) is 10.7. The third-order valence-electron chi connectivity index (χ3n) is 5.28. The Labute approximate surface area is 203 Å². The number of carbonyl (C=O) groups is 1. The molecule has 0 fully saturated rings. The summed E-state index contributed by atoms with van der Waals surface area (Å²) in [5.74, 6) is 0.421. The van der Waals surface area contributed by atoms with E-state index in [0.29, 0.717) is 18.1 Å². The summed E-state index contributed by atoms with van der Waals surface area (Å²) in [5, 5.41) is 14.6. The van der Waals surface area contributed by atoms with Crippen LogP contribution in [-0.4, -0.2) is 21.0 Å². The van der Waals surface area contributed by atoms with Crippen LogP contribution in [0.4, 0.5) is 11.5 Å². The van der Waals surface area contributed by atoms with Gasteiger partial charge in [-0.1, -0.05) is 55.5 Å². The fourth-order valence-corrected chi connectivity index (χ4v) is 4.35. The lowest BCUT2D eigenvalue weighted by Gasteiger charge is -2.15. The van der Waals surface area contributed by atoms with Crippen LogP contribution >= 0.6 is 11.3 Å². The minimum absolute atomic E-state index is 0.240. The van der Waals surface area contributed by atoms with Crippen LogP contribution < -0.4 is 5.32 Å². The molecule has 6 heteroatoms. The maximum Gasteiger partial charge on any atom is 0.335 e. The van der Waals surface area contributed by atoms with E-state index in [0.717, 1.165) is 39.4 Å². The predicted molar refractivity (Wildman–Crippen MR) is 141 cm³/mol. The monoisotopic (exact) mass is 467 g/mol. The molecule has 34 heavy (non-hydrogen) atoms. The number of aromatic nitrogens is 2. The van der Waals surface area contributed by atoms with E-state index >= 15 is 0 Å². The van der Waals surface area contributed by atoms with Gasteiger partial charge in [0.05, 0.1) is 10.4 Å². The van der Waals surface area contributed by atoms with Gasteiger partial charge in [-0.3, -0.25) is 0 Å². The molecular weight excluding hydrogens is 442 g/mol. The molecule has 0 amide bonds. The van der Waals surface area contributed by atoms with Gasteiger partial charge in [-0.2, -0.15) is 0 Å². The summed E-state index contributed by atoms with van der Waals surface area (Å²) in [6.07, 6.45) is 7.41. The number of carboxylic acid groups (broad SMARTS) is 1. The van der Waals surface area contributed by atoms with Gasteiger partial charge in [0.25, 0.3) is 0 Å². The molecule has 170 valence electrons. The maximum atomic E-state index is 11.2. The predicted octanol–water partition coefficient (Wildman–Crippen LogP) is 7.11. The van der Waals surface area contributed by atoms with Crippen LogP contribution in [0.5, 0.6) is 0 Å². The zero-order chi connectivity index (χ0) is 23.9. The minimum Gasteiger partial charge on any atom is -0.478 e. The smallest absolute Gasteiger partial charge is 0.335 e. The molecule has 0 aliphatic heterocycles. The van der Waals surface area contributed by atoms with Gasteiger partial charge in [0.2, 0.25) is 0 Å². The van der Waals surface area contributed by atoms with Gasteiger partial charge in [-0.05, 0) is 59.7 Å². The molecule has 0 spiro atoms. The molecule has 2 aromatic heterocycles. The summed E-state index contributed by atoms with van der Waals surface area (Å²) in [5.41, 5.74) is 5.20. The van der Waals surface area contributed by atoms with Gasteiger partial charge in [0.15, 0.2) is 5.82 Å². The highest BCUT2D eigenvalue weighted by Crippen LogP contribution is 2.30. The fourth-order valence-electron chi connectivity index (χ4n) is 3.54. The molecule has 0 saturated carbocycles. The molecule has 2 N–H and O–H groups in total. The molecule has 4 rings (SSSR count). The summed E-state index contributed by atoms with van der Waals surface area (Å²) in [6, 6.07) is 18.9. The first-order valence-electron chi connectivity index (χ1n) is 11.0. The summed E-state index contributed by atoms with van der Waals surface area (Å²) in [6.45, 7) is 5.96. The average Bonchev–Trinajstić information content (AvgIpc) is 3.34. The van der Waals surface area contributed by atoms with Crippen LogP contribution in [0.2, 0.25) is 0 Å². The van der Waals surface area contributed by atoms with Gasteiger partial charge in [-0.15, -0.1) is 17.9 Å². The minimum atomic E-state index is -0.952. The third-order valence-corrected chi connectivity index (χ3v) is 6.22. The van der Waals surface area contributed by atoms with Crippen LogP contribution in [-0.2, 0) is 12.8 Å². The van der Waals surface area contributed by atoms with Crippen molar-refractivity contribution in [2.24, 2.45) is 0 Å². The van der Waals surface area contributed by atoms with E-state index in [9.17, 15) is 4.79 Å². The van der Waals surface area contributed by atoms with E-state index in [1.165, 1.54) is 0 Å². The number of nitrogens with zero attached hydrogens (tertiary/aromatic N) is 2. The van der Waals surface area contributed by atoms with Crippen LogP contribution in [0, 0.1) is 0 Å². The first-order valence-corrected chi connectivity index (χ1v) is 11.9.